The summed E-state index contributed by atoms with van der Waals surface area (Å²) in [5.41, 5.74) is 7.38. The van der Waals surface area contributed by atoms with Gasteiger partial charge in [0.05, 0.1) is 23.0 Å². The van der Waals surface area contributed by atoms with E-state index in [0.29, 0.717) is 5.69 Å². The van der Waals surface area contributed by atoms with Crippen LogP contribution in [0.1, 0.15) is 23.2 Å². The third-order valence-corrected chi connectivity index (χ3v) is 3.08. The minimum Gasteiger partial charge on any atom is -0.478 e. The molecule has 2 rings (SSSR count). The third-order valence-electron chi connectivity index (χ3n) is 3.08. The molecule has 1 aliphatic rings. The summed E-state index contributed by atoms with van der Waals surface area (Å²) in [6.07, 6.45) is 1.21. The van der Waals surface area contributed by atoms with Gasteiger partial charge in [-0.3, -0.25) is 0 Å². The number of carbonyl (C=O) groups is 1. The van der Waals surface area contributed by atoms with Crippen LogP contribution in [-0.4, -0.2) is 35.4 Å². The van der Waals surface area contributed by atoms with Crippen molar-refractivity contribution in [2.45, 2.75) is 18.9 Å². The summed E-state index contributed by atoms with van der Waals surface area (Å²) in [6, 6.07) is 4.76. The summed E-state index contributed by atoms with van der Waals surface area (Å²) < 4.78 is 0. The average molecular weight is 236 g/mol. The molecule has 1 aliphatic heterocycles. The Morgan fingerprint density at radius 1 is 1.35 bits per heavy atom. The first-order chi connectivity index (χ1) is 8.08. The standard InChI is InChI=1S/C12H16N2O3/c13-10-7-8(12(16)17)1-2-11(10)14-5-3-9(15)4-6-14/h1-2,7,9,15H,3-6,13H2,(H,16,17). The molecule has 0 atom stereocenters. The Hall–Kier alpha value is -1.75. The van der Waals surface area contributed by atoms with Crippen molar-refractivity contribution in [2.24, 2.45) is 0 Å². The molecule has 0 aliphatic carbocycles. The van der Waals surface area contributed by atoms with E-state index in [1.165, 1.54) is 6.07 Å². The molecule has 0 spiro atoms. The van der Waals surface area contributed by atoms with Crippen LogP contribution in [0.5, 0.6) is 0 Å². The number of nitrogen functional groups attached to an aromatic ring is 1. The van der Waals surface area contributed by atoms with Crippen LogP contribution in [0.4, 0.5) is 11.4 Å². The predicted molar refractivity (Wildman–Crippen MR) is 65.3 cm³/mol. The van der Waals surface area contributed by atoms with Crippen LogP contribution in [0.3, 0.4) is 0 Å². The second kappa shape index (κ2) is 4.63. The fraction of sp³-hybridized carbons (Fsp3) is 0.417. The SMILES string of the molecule is Nc1cc(C(=O)O)ccc1N1CCC(O)CC1. The summed E-state index contributed by atoms with van der Waals surface area (Å²) in [5, 5.41) is 18.3. The van der Waals surface area contributed by atoms with Crippen molar-refractivity contribution in [3.05, 3.63) is 23.8 Å². The van der Waals surface area contributed by atoms with E-state index >= 15 is 0 Å². The zero-order valence-corrected chi connectivity index (χ0v) is 9.47. The smallest absolute Gasteiger partial charge is 0.335 e. The minimum absolute atomic E-state index is 0.197. The fourth-order valence-electron chi connectivity index (χ4n) is 2.08. The van der Waals surface area contributed by atoms with Crippen LogP contribution >= 0.6 is 0 Å². The van der Waals surface area contributed by atoms with Gasteiger partial charge in [0.15, 0.2) is 0 Å². The van der Waals surface area contributed by atoms with E-state index in [1.807, 2.05) is 0 Å². The molecule has 5 nitrogen and oxygen atoms in total. The molecule has 17 heavy (non-hydrogen) atoms. The van der Waals surface area contributed by atoms with Gasteiger partial charge in [0.1, 0.15) is 0 Å². The molecule has 0 unspecified atom stereocenters. The Kier molecular flexibility index (Phi) is 3.19. The van der Waals surface area contributed by atoms with E-state index < -0.39 is 5.97 Å². The van der Waals surface area contributed by atoms with E-state index in [9.17, 15) is 9.90 Å². The summed E-state index contributed by atoms with van der Waals surface area (Å²) in [6.45, 7) is 1.50. The highest BCUT2D eigenvalue weighted by Crippen LogP contribution is 2.27. The maximum absolute atomic E-state index is 10.8. The molecular weight excluding hydrogens is 220 g/mol. The Morgan fingerprint density at radius 3 is 2.53 bits per heavy atom. The van der Waals surface area contributed by atoms with E-state index in [1.54, 1.807) is 12.1 Å². The molecule has 4 N–H and O–H groups in total. The van der Waals surface area contributed by atoms with Crippen molar-refractivity contribution in [1.29, 1.82) is 0 Å². The number of aromatic carboxylic acids is 1. The monoisotopic (exact) mass is 236 g/mol. The van der Waals surface area contributed by atoms with Crippen molar-refractivity contribution >= 4 is 17.3 Å². The summed E-state index contributed by atoms with van der Waals surface area (Å²) in [5.74, 6) is -0.975. The summed E-state index contributed by atoms with van der Waals surface area (Å²) in [7, 11) is 0. The fourth-order valence-corrected chi connectivity index (χ4v) is 2.08. The molecule has 0 bridgehead atoms. The lowest BCUT2D eigenvalue weighted by molar-refractivity contribution is 0.0697. The molecule has 1 aromatic carbocycles. The van der Waals surface area contributed by atoms with Crippen molar-refractivity contribution in [3.8, 4) is 0 Å². The second-order valence-electron chi connectivity index (χ2n) is 4.30. The van der Waals surface area contributed by atoms with Gasteiger partial charge in [-0.15, -0.1) is 0 Å². The van der Waals surface area contributed by atoms with Gasteiger partial charge >= 0.3 is 5.97 Å². The average Bonchev–Trinajstić information content (AvgIpc) is 2.30. The number of aliphatic hydroxyl groups excluding tert-OH is 1. The van der Waals surface area contributed by atoms with Crippen LogP contribution in [0, 0.1) is 0 Å². The van der Waals surface area contributed by atoms with Crippen molar-refractivity contribution in [3.63, 3.8) is 0 Å². The van der Waals surface area contributed by atoms with Crippen molar-refractivity contribution < 1.29 is 15.0 Å². The van der Waals surface area contributed by atoms with Gasteiger partial charge in [-0.2, -0.15) is 0 Å². The first kappa shape index (κ1) is 11.7. The van der Waals surface area contributed by atoms with E-state index in [4.69, 9.17) is 10.8 Å². The lowest BCUT2D eigenvalue weighted by atomic mass is 10.1. The van der Waals surface area contributed by atoms with Gasteiger partial charge in [-0.05, 0) is 31.0 Å². The molecule has 0 amide bonds. The van der Waals surface area contributed by atoms with Gasteiger partial charge in [-0.25, -0.2) is 4.79 Å². The number of carboxylic acids is 1. The number of rotatable bonds is 2. The van der Waals surface area contributed by atoms with Gasteiger partial charge in [0.2, 0.25) is 0 Å². The molecule has 0 saturated carbocycles. The molecule has 1 fully saturated rings. The van der Waals surface area contributed by atoms with Crippen LogP contribution in [0.2, 0.25) is 0 Å². The minimum atomic E-state index is -0.975. The molecule has 1 saturated heterocycles. The van der Waals surface area contributed by atoms with E-state index in [0.717, 1.165) is 31.6 Å². The lowest BCUT2D eigenvalue weighted by Crippen LogP contribution is -2.36. The van der Waals surface area contributed by atoms with Gasteiger partial charge < -0.3 is 20.8 Å². The molecule has 92 valence electrons. The van der Waals surface area contributed by atoms with E-state index in [2.05, 4.69) is 4.90 Å². The largest absolute Gasteiger partial charge is 0.478 e. The molecular formula is C12H16N2O3. The van der Waals surface area contributed by atoms with Crippen LogP contribution in [0.25, 0.3) is 0 Å². The molecule has 5 heteroatoms. The molecule has 0 aromatic heterocycles. The number of piperidine rings is 1. The van der Waals surface area contributed by atoms with Crippen molar-refractivity contribution in [2.75, 3.05) is 23.7 Å². The number of hydrogen-bond acceptors (Lipinski definition) is 4. The van der Waals surface area contributed by atoms with Gasteiger partial charge in [0.25, 0.3) is 0 Å². The summed E-state index contributed by atoms with van der Waals surface area (Å²) in [4.78, 5) is 12.9. The highest BCUT2D eigenvalue weighted by atomic mass is 16.4. The maximum Gasteiger partial charge on any atom is 0.335 e. The molecule has 1 heterocycles. The zero-order chi connectivity index (χ0) is 12.4. The van der Waals surface area contributed by atoms with E-state index in [-0.39, 0.29) is 11.7 Å². The Balaban J connectivity index is 2.19. The quantitative estimate of drug-likeness (QED) is 0.665. The number of nitrogens with two attached hydrogens (primary N) is 1. The van der Waals surface area contributed by atoms with Crippen LogP contribution < -0.4 is 10.6 Å². The third kappa shape index (κ3) is 2.50. The number of hydrogen-bond donors (Lipinski definition) is 3. The number of carboxylic acid groups (broad SMARTS) is 1. The normalized spacial score (nSPS) is 17.1. The van der Waals surface area contributed by atoms with Gasteiger partial charge in [0, 0.05) is 13.1 Å². The topological polar surface area (TPSA) is 86.8 Å². The maximum atomic E-state index is 10.8. The van der Waals surface area contributed by atoms with Crippen LogP contribution in [0.15, 0.2) is 18.2 Å². The second-order valence-corrected chi connectivity index (χ2v) is 4.30. The Morgan fingerprint density at radius 2 is 2.00 bits per heavy atom. The Labute approximate surface area is 99.5 Å². The number of anilines is 2. The van der Waals surface area contributed by atoms with Gasteiger partial charge in [-0.1, -0.05) is 0 Å². The van der Waals surface area contributed by atoms with Crippen LogP contribution in [-0.2, 0) is 0 Å². The Bertz CT molecular complexity index is 426. The predicted octanol–water partition coefficient (Wildman–Crippen LogP) is 0.928. The number of nitrogens with zero attached hydrogens (tertiary/aromatic N) is 1. The van der Waals surface area contributed by atoms with Crippen molar-refractivity contribution in [1.82, 2.24) is 0 Å². The molecule has 1 aromatic rings. The first-order valence-corrected chi connectivity index (χ1v) is 5.64. The highest BCUT2D eigenvalue weighted by molar-refractivity contribution is 5.90. The highest BCUT2D eigenvalue weighted by Gasteiger charge is 2.19. The number of aliphatic hydroxyl groups is 1. The molecule has 0 radical (unpaired) electrons. The first-order valence-electron chi connectivity index (χ1n) is 5.64. The lowest BCUT2D eigenvalue weighted by Gasteiger charge is -2.32. The number of benzene rings is 1. The zero-order valence-electron chi connectivity index (χ0n) is 9.47. The summed E-state index contributed by atoms with van der Waals surface area (Å²) >= 11 is 0.